The lowest BCUT2D eigenvalue weighted by Crippen LogP contribution is -2.51. The van der Waals surface area contributed by atoms with Crippen LogP contribution in [0.2, 0.25) is 0 Å². The number of hydrogen-bond donors (Lipinski definition) is 0. The first-order valence-electron chi connectivity index (χ1n) is 8.39. The van der Waals surface area contributed by atoms with Crippen LogP contribution in [0, 0.1) is 0 Å². The van der Waals surface area contributed by atoms with E-state index < -0.39 is 0 Å². The Bertz CT molecular complexity index is 535. The predicted molar refractivity (Wildman–Crippen MR) is 90.8 cm³/mol. The van der Waals surface area contributed by atoms with Gasteiger partial charge < -0.3 is 14.7 Å². The first-order valence-corrected chi connectivity index (χ1v) is 8.39. The largest absolute Gasteiger partial charge is 0.353 e. The summed E-state index contributed by atoms with van der Waals surface area (Å²) in [5, 5.41) is 0. The zero-order valence-electron chi connectivity index (χ0n) is 14.1. The molecule has 0 atom stereocenters. The molecule has 0 radical (unpaired) electrons. The van der Waals surface area contributed by atoms with Crippen molar-refractivity contribution in [3.63, 3.8) is 0 Å². The van der Waals surface area contributed by atoms with Crippen molar-refractivity contribution in [2.24, 2.45) is 0 Å². The normalized spacial score (nSPS) is 19.2. The molecule has 126 valence electrons. The highest BCUT2D eigenvalue weighted by Crippen LogP contribution is 2.16. The van der Waals surface area contributed by atoms with E-state index in [1.54, 1.807) is 6.20 Å². The molecule has 0 N–H and O–H groups in total. The molecule has 2 aliphatic heterocycles. The van der Waals surface area contributed by atoms with Gasteiger partial charge in [-0.2, -0.15) is 4.98 Å². The Morgan fingerprint density at radius 2 is 1.83 bits per heavy atom. The van der Waals surface area contributed by atoms with Gasteiger partial charge in [0.2, 0.25) is 11.9 Å². The zero-order chi connectivity index (χ0) is 16.2. The molecule has 0 spiro atoms. The van der Waals surface area contributed by atoms with E-state index in [0.29, 0.717) is 6.54 Å². The smallest absolute Gasteiger partial charge is 0.236 e. The summed E-state index contributed by atoms with van der Waals surface area (Å²) in [6, 6.07) is 1.94. The number of anilines is 2. The number of carbonyl (C=O) groups excluding carboxylic acids is 1. The average Bonchev–Trinajstić information content (AvgIpc) is 3.08. The minimum atomic E-state index is 0.267. The summed E-state index contributed by atoms with van der Waals surface area (Å²) in [5.41, 5.74) is 0. The summed E-state index contributed by atoms with van der Waals surface area (Å²) >= 11 is 0. The Hall–Kier alpha value is -1.89. The van der Waals surface area contributed by atoms with Gasteiger partial charge in [-0.05, 0) is 32.0 Å². The Morgan fingerprint density at radius 3 is 2.48 bits per heavy atom. The molecule has 1 aromatic heterocycles. The number of aromatic nitrogens is 2. The van der Waals surface area contributed by atoms with Crippen molar-refractivity contribution in [2.75, 3.05) is 69.7 Å². The fourth-order valence-corrected chi connectivity index (χ4v) is 3.15. The molecule has 0 bridgehead atoms. The second-order valence-electron chi connectivity index (χ2n) is 6.46. The standard InChI is InChI=1S/C16H26N6O/c1-19(2)16-17-6-5-14(18-16)21-9-11-22(12-10-21)15(23)13-20-7-3-4-8-20/h5-6H,3-4,7-13H2,1-2H3. The van der Waals surface area contributed by atoms with Gasteiger partial charge in [-0.25, -0.2) is 4.98 Å². The molecular formula is C16H26N6O. The summed E-state index contributed by atoms with van der Waals surface area (Å²) < 4.78 is 0. The summed E-state index contributed by atoms with van der Waals surface area (Å²) in [6.07, 6.45) is 4.24. The number of likely N-dealkylation sites (tertiary alicyclic amines) is 1. The zero-order valence-corrected chi connectivity index (χ0v) is 14.1. The molecule has 0 aliphatic carbocycles. The summed E-state index contributed by atoms with van der Waals surface area (Å²) in [5.74, 6) is 1.92. The predicted octanol–water partition coefficient (Wildman–Crippen LogP) is 0.287. The van der Waals surface area contributed by atoms with Gasteiger partial charge in [0, 0.05) is 46.5 Å². The van der Waals surface area contributed by atoms with Gasteiger partial charge in [-0.15, -0.1) is 0 Å². The second-order valence-corrected chi connectivity index (χ2v) is 6.46. The Balaban J connectivity index is 1.53. The van der Waals surface area contributed by atoms with Crippen LogP contribution in [0.4, 0.5) is 11.8 Å². The number of hydrogen-bond acceptors (Lipinski definition) is 6. The van der Waals surface area contributed by atoms with Crippen molar-refractivity contribution in [3.8, 4) is 0 Å². The van der Waals surface area contributed by atoms with Crippen molar-refractivity contribution in [1.29, 1.82) is 0 Å². The van der Waals surface area contributed by atoms with Crippen molar-refractivity contribution in [3.05, 3.63) is 12.3 Å². The monoisotopic (exact) mass is 318 g/mol. The van der Waals surface area contributed by atoms with Crippen LogP contribution in [-0.2, 0) is 4.79 Å². The molecule has 0 unspecified atom stereocenters. The van der Waals surface area contributed by atoms with E-state index in [1.807, 2.05) is 30.0 Å². The molecule has 7 nitrogen and oxygen atoms in total. The van der Waals surface area contributed by atoms with Crippen molar-refractivity contribution < 1.29 is 4.79 Å². The number of carbonyl (C=O) groups is 1. The number of piperazine rings is 1. The van der Waals surface area contributed by atoms with E-state index in [1.165, 1.54) is 12.8 Å². The molecule has 2 saturated heterocycles. The van der Waals surface area contributed by atoms with Gasteiger partial charge in [0.1, 0.15) is 5.82 Å². The van der Waals surface area contributed by atoms with Crippen LogP contribution in [-0.4, -0.2) is 85.6 Å². The first kappa shape index (κ1) is 16.0. The molecular weight excluding hydrogens is 292 g/mol. The van der Waals surface area contributed by atoms with Gasteiger partial charge in [0.25, 0.3) is 0 Å². The lowest BCUT2D eigenvalue weighted by atomic mass is 10.3. The van der Waals surface area contributed by atoms with Gasteiger partial charge in [-0.1, -0.05) is 0 Å². The van der Waals surface area contributed by atoms with Crippen LogP contribution in [0.1, 0.15) is 12.8 Å². The lowest BCUT2D eigenvalue weighted by molar-refractivity contribution is -0.132. The summed E-state index contributed by atoms with van der Waals surface area (Å²) in [7, 11) is 3.88. The van der Waals surface area contributed by atoms with Crippen molar-refractivity contribution in [2.45, 2.75) is 12.8 Å². The molecule has 2 aliphatic rings. The van der Waals surface area contributed by atoms with Crippen LogP contribution in [0.3, 0.4) is 0 Å². The van der Waals surface area contributed by atoms with Crippen LogP contribution in [0.25, 0.3) is 0 Å². The summed E-state index contributed by atoms with van der Waals surface area (Å²) in [6.45, 7) is 5.92. The molecule has 3 heterocycles. The SMILES string of the molecule is CN(C)c1nccc(N2CCN(C(=O)CN3CCCC3)CC2)n1. The van der Waals surface area contributed by atoms with E-state index >= 15 is 0 Å². The number of amides is 1. The first-order chi connectivity index (χ1) is 11.1. The van der Waals surface area contributed by atoms with E-state index in [4.69, 9.17) is 0 Å². The third-order valence-electron chi connectivity index (χ3n) is 4.54. The molecule has 23 heavy (non-hydrogen) atoms. The lowest BCUT2D eigenvalue weighted by Gasteiger charge is -2.36. The number of nitrogens with zero attached hydrogens (tertiary/aromatic N) is 6. The van der Waals surface area contributed by atoms with Gasteiger partial charge in [0.15, 0.2) is 0 Å². The summed E-state index contributed by atoms with van der Waals surface area (Å²) in [4.78, 5) is 29.6. The minimum absolute atomic E-state index is 0.267. The van der Waals surface area contributed by atoms with Gasteiger partial charge in [0.05, 0.1) is 6.54 Å². The maximum atomic E-state index is 12.4. The molecule has 1 amide bonds. The molecule has 3 rings (SSSR count). The third kappa shape index (κ3) is 3.90. The fourth-order valence-electron chi connectivity index (χ4n) is 3.15. The van der Waals surface area contributed by atoms with E-state index in [9.17, 15) is 4.79 Å². The van der Waals surface area contributed by atoms with Crippen LogP contribution < -0.4 is 9.80 Å². The van der Waals surface area contributed by atoms with Crippen molar-refractivity contribution in [1.82, 2.24) is 19.8 Å². The highest BCUT2D eigenvalue weighted by Gasteiger charge is 2.24. The molecule has 7 heteroatoms. The fraction of sp³-hybridized carbons (Fsp3) is 0.688. The highest BCUT2D eigenvalue weighted by molar-refractivity contribution is 5.78. The van der Waals surface area contributed by atoms with Crippen LogP contribution >= 0.6 is 0 Å². The number of rotatable bonds is 4. The quantitative estimate of drug-likeness (QED) is 0.795. The van der Waals surface area contributed by atoms with E-state index in [0.717, 1.165) is 51.0 Å². The molecule has 2 fully saturated rings. The minimum Gasteiger partial charge on any atom is -0.353 e. The highest BCUT2D eigenvalue weighted by atomic mass is 16.2. The van der Waals surface area contributed by atoms with E-state index in [-0.39, 0.29) is 5.91 Å². The maximum Gasteiger partial charge on any atom is 0.236 e. The molecule has 1 aromatic rings. The molecule has 0 aromatic carbocycles. The van der Waals surface area contributed by atoms with Crippen molar-refractivity contribution >= 4 is 17.7 Å². The third-order valence-corrected chi connectivity index (χ3v) is 4.54. The Kier molecular flexibility index (Phi) is 4.95. The van der Waals surface area contributed by atoms with Gasteiger partial charge >= 0.3 is 0 Å². The van der Waals surface area contributed by atoms with Crippen LogP contribution in [0.5, 0.6) is 0 Å². The Morgan fingerprint density at radius 1 is 1.13 bits per heavy atom. The average molecular weight is 318 g/mol. The maximum absolute atomic E-state index is 12.4. The molecule has 0 saturated carbocycles. The van der Waals surface area contributed by atoms with Crippen LogP contribution in [0.15, 0.2) is 12.3 Å². The topological polar surface area (TPSA) is 55.8 Å². The second kappa shape index (κ2) is 7.12. The Labute approximate surface area is 137 Å². The van der Waals surface area contributed by atoms with E-state index in [2.05, 4.69) is 19.8 Å². The van der Waals surface area contributed by atoms with Gasteiger partial charge in [-0.3, -0.25) is 9.69 Å².